The standard InChI is InChI=1S/C16H27N3O4/c1-5-6-7-12(10-15(20)21-4)8-9-13-14(11-18-19-17)23-16(2,3)22-13/h8-9,12-14H,5-7,10-11H2,1-4H3/b9-8+/t12-,13-,14+/m0/s1. The first kappa shape index (κ1) is 19.5. The lowest BCUT2D eigenvalue weighted by Crippen LogP contribution is -2.24. The van der Waals surface area contributed by atoms with Crippen LogP contribution in [0.4, 0.5) is 0 Å². The van der Waals surface area contributed by atoms with Gasteiger partial charge in [-0.1, -0.05) is 37.0 Å². The molecule has 0 bridgehead atoms. The average Bonchev–Trinajstić information content (AvgIpc) is 2.81. The second-order valence-electron chi connectivity index (χ2n) is 6.12. The van der Waals surface area contributed by atoms with Crippen molar-refractivity contribution >= 4 is 5.97 Å². The van der Waals surface area contributed by atoms with Gasteiger partial charge in [0.05, 0.1) is 26.2 Å². The SMILES string of the molecule is CCCC[C@@H](/C=C/[C@@H]1OC(C)(C)O[C@@H]1CN=[N+]=[N-])CC(=O)OC. The van der Waals surface area contributed by atoms with Crippen molar-refractivity contribution in [3.05, 3.63) is 22.6 Å². The van der Waals surface area contributed by atoms with E-state index in [1.54, 1.807) is 0 Å². The number of esters is 1. The van der Waals surface area contributed by atoms with Crippen molar-refractivity contribution in [1.82, 2.24) is 0 Å². The third-order valence-electron chi connectivity index (χ3n) is 3.70. The molecule has 0 saturated carbocycles. The third-order valence-corrected chi connectivity index (χ3v) is 3.70. The maximum Gasteiger partial charge on any atom is 0.306 e. The molecule has 0 spiro atoms. The van der Waals surface area contributed by atoms with Gasteiger partial charge in [-0.2, -0.15) is 0 Å². The highest BCUT2D eigenvalue weighted by Crippen LogP contribution is 2.30. The Morgan fingerprint density at radius 2 is 2.22 bits per heavy atom. The third kappa shape index (κ3) is 7.03. The van der Waals surface area contributed by atoms with Gasteiger partial charge in [0.25, 0.3) is 0 Å². The number of carbonyl (C=O) groups excluding carboxylic acids is 1. The molecule has 3 atom stereocenters. The van der Waals surface area contributed by atoms with Gasteiger partial charge in [-0.3, -0.25) is 4.79 Å². The molecule has 130 valence electrons. The van der Waals surface area contributed by atoms with E-state index in [1.165, 1.54) is 7.11 Å². The smallest absolute Gasteiger partial charge is 0.306 e. The molecule has 1 aliphatic rings. The van der Waals surface area contributed by atoms with E-state index in [0.717, 1.165) is 19.3 Å². The molecule has 0 N–H and O–H groups in total. The Kier molecular flexibility index (Phi) is 8.09. The second kappa shape index (κ2) is 9.55. The number of hydrogen-bond donors (Lipinski definition) is 0. The minimum Gasteiger partial charge on any atom is -0.469 e. The highest BCUT2D eigenvalue weighted by Gasteiger charge is 2.39. The number of hydrogen-bond acceptors (Lipinski definition) is 5. The summed E-state index contributed by atoms with van der Waals surface area (Å²) in [6.07, 6.45) is 6.67. The Hall–Kier alpha value is -1.56. The number of ether oxygens (including phenoxy) is 3. The number of methoxy groups -OCH3 is 1. The Bertz CT molecular complexity index is 458. The monoisotopic (exact) mass is 325 g/mol. The molecule has 1 saturated heterocycles. The van der Waals surface area contributed by atoms with Crippen LogP contribution in [0.2, 0.25) is 0 Å². The molecule has 1 heterocycles. The molecule has 0 amide bonds. The van der Waals surface area contributed by atoms with Gasteiger partial charge in [-0.05, 0) is 31.7 Å². The van der Waals surface area contributed by atoms with Crippen molar-refractivity contribution in [1.29, 1.82) is 0 Å². The van der Waals surface area contributed by atoms with E-state index in [2.05, 4.69) is 16.9 Å². The Balaban J connectivity index is 2.74. The molecule has 0 aromatic carbocycles. The van der Waals surface area contributed by atoms with Crippen LogP contribution in [0, 0.1) is 5.92 Å². The highest BCUT2D eigenvalue weighted by atomic mass is 16.7. The van der Waals surface area contributed by atoms with Gasteiger partial charge in [-0.15, -0.1) is 0 Å². The van der Waals surface area contributed by atoms with Gasteiger partial charge in [0.2, 0.25) is 0 Å². The predicted octanol–water partition coefficient (Wildman–Crippen LogP) is 3.74. The molecule has 1 aliphatic heterocycles. The fourth-order valence-corrected chi connectivity index (χ4v) is 2.58. The van der Waals surface area contributed by atoms with E-state index < -0.39 is 5.79 Å². The maximum absolute atomic E-state index is 11.5. The average molecular weight is 325 g/mol. The van der Waals surface area contributed by atoms with Crippen molar-refractivity contribution in [3.8, 4) is 0 Å². The maximum atomic E-state index is 11.5. The minimum absolute atomic E-state index is 0.106. The fraction of sp³-hybridized carbons (Fsp3) is 0.812. The lowest BCUT2D eigenvalue weighted by molar-refractivity contribution is -0.142. The summed E-state index contributed by atoms with van der Waals surface area (Å²) in [6, 6.07) is 0. The van der Waals surface area contributed by atoms with E-state index in [9.17, 15) is 4.79 Å². The summed E-state index contributed by atoms with van der Waals surface area (Å²) in [7, 11) is 1.40. The zero-order chi connectivity index (χ0) is 17.3. The molecule has 23 heavy (non-hydrogen) atoms. The number of nitrogens with zero attached hydrogens (tertiary/aromatic N) is 3. The van der Waals surface area contributed by atoms with E-state index in [4.69, 9.17) is 19.7 Å². The van der Waals surface area contributed by atoms with Crippen molar-refractivity contribution in [2.45, 2.75) is 64.4 Å². The van der Waals surface area contributed by atoms with E-state index in [-0.39, 0.29) is 30.6 Å². The van der Waals surface area contributed by atoms with E-state index in [1.807, 2.05) is 26.0 Å². The molecule has 7 nitrogen and oxygen atoms in total. The van der Waals surface area contributed by atoms with Crippen molar-refractivity contribution in [2.24, 2.45) is 11.0 Å². The first-order chi connectivity index (χ1) is 10.9. The normalized spacial score (nSPS) is 24.3. The lowest BCUT2D eigenvalue weighted by Gasteiger charge is -2.16. The summed E-state index contributed by atoms with van der Waals surface area (Å²) < 4.78 is 16.3. The van der Waals surface area contributed by atoms with Crippen molar-refractivity contribution in [2.75, 3.05) is 13.7 Å². The second-order valence-corrected chi connectivity index (χ2v) is 6.12. The molecule has 0 aromatic heterocycles. The summed E-state index contributed by atoms with van der Waals surface area (Å²) in [5.41, 5.74) is 8.48. The van der Waals surface area contributed by atoms with E-state index >= 15 is 0 Å². The van der Waals surface area contributed by atoms with Crippen molar-refractivity contribution < 1.29 is 19.0 Å². The van der Waals surface area contributed by atoms with Crippen LogP contribution in [0.15, 0.2) is 17.3 Å². The summed E-state index contributed by atoms with van der Waals surface area (Å²) in [4.78, 5) is 14.3. The van der Waals surface area contributed by atoms with Crippen LogP contribution in [0.1, 0.15) is 46.5 Å². The molecular formula is C16H27N3O4. The molecule has 0 radical (unpaired) electrons. The van der Waals surface area contributed by atoms with Crippen LogP contribution >= 0.6 is 0 Å². The zero-order valence-corrected chi connectivity index (χ0v) is 14.4. The van der Waals surface area contributed by atoms with E-state index in [0.29, 0.717) is 6.42 Å². The van der Waals surface area contributed by atoms with Gasteiger partial charge in [0.1, 0.15) is 6.10 Å². The molecule has 0 unspecified atom stereocenters. The molecular weight excluding hydrogens is 298 g/mol. The van der Waals surface area contributed by atoms with Crippen LogP contribution in [-0.4, -0.2) is 37.6 Å². The van der Waals surface area contributed by atoms with Gasteiger partial charge in [-0.25, -0.2) is 0 Å². The molecule has 1 fully saturated rings. The quantitative estimate of drug-likeness (QED) is 0.212. The Labute approximate surface area is 137 Å². The first-order valence-corrected chi connectivity index (χ1v) is 8.03. The summed E-state index contributed by atoms with van der Waals surface area (Å²) in [6.45, 7) is 5.98. The number of carbonyl (C=O) groups is 1. The van der Waals surface area contributed by atoms with Crippen LogP contribution in [-0.2, 0) is 19.0 Å². The number of azide groups is 1. The first-order valence-electron chi connectivity index (χ1n) is 8.03. The molecule has 7 heteroatoms. The topological polar surface area (TPSA) is 93.5 Å². The number of unbranched alkanes of at least 4 members (excludes halogenated alkanes) is 1. The largest absolute Gasteiger partial charge is 0.469 e. The van der Waals surface area contributed by atoms with Crippen LogP contribution in [0.25, 0.3) is 10.4 Å². The summed E-state index contributed by atoms with van der Waals surface area (Å²) >= 11 is 0. The van der Waals surface area contributed by atoms with Crippen LogP contribution in [0.5, 0.6) is 0 Å². The van der Waals surface area contributed by atoms with Crippen LogP contribution in [0.3, 0.4) is 0 Å². The lowest BCUT2D eigenvalue weighted by atomic mass is 9.97. The van der Waals surface area contributed by atoms with Gasteiger partial charge < -0.3 is 14.2 Å². The number of rotatable bonds is 9. The van der Waals surface area contributed by atoms with Crippen LogP contribution < -0.4 is 0 Å². The number of allylic oxidation sites excluding steroid dienone is 1. The Morgan fingerprint density at radius 1 is 1.48 bits per heavy atom. The summed E-state index contributed by atoms with van der Waals surface area (Å²) in [5, 5.41) is 3.58. The van der Waals surface area contributed by atoms with Gasteiger partial charge in [0.15, 0.2) is 5.79 Å². The van der Waals surface area contributed by atoms with Gasteiger partial charge in [0, 0.05) is 4.91 Å². The van der Waals surface area contributed by atoms with Gasteiger partial charge >= 0.3 is 5.97 Å². The molecule has 1 rings (SSSR count). The Morgan fingerprint density at radius 3 is 2.83 bits per heavy atom. The predicted molar refractivity (Wildman–Crippen MR) is 86.6 cm³/mol. The fourth-order valence-electron chi connectivity index (χ4n) is 2.58. The minimum atomic E-state index is -0.716. The highest BCUT2D eigenvalue weighted by molar-refractivity contribution is 5.69. The van der Waals surface area contributed by atoms with Crippen molar-refractivity contribution in [3.63, 3.8) is 0 Å². The zero-order valence-electron chi connectivity index (χ0n) is 14.4. The molecule has 0 aliphatic carbocycles. The molecule has 0 aromatic rings. The summed E-state index contributed by atoms with van der Waals surface area (Å²) in [5.74, 6) is -0.827.